The van der Waals surface area contributed by atoms with Crippen molar-refractivity contribution in [2.45, 2.75) is 50.8 Å². The molecule has 1 aromatic heterocycles. The quantitative estimate of drug-likeness (QED) is 0.249. The molecule has 1 aliphatic heterocycles. The summed E-state index contributed by atoms with van der Waals surface area (Å²) in [6, 6.07) is 8.11. The molecular weight excluding hydrogens is 468 g/mol. The Morgan fingerprint density at radius 1 is 0.944 bits per heavy atom. The molecule has 5 rings (SSSR count). The standard InChI is InChI=1S/C27H28O9/c1-11-8-15-19(17(9-11)33-4)14-10-18(34-5)21-16(28)7-6-13(20(21)22(14)36-26(15)31)23-25(30)27(3,32)24(29)12(2)35-23/h6-10,12,23-25,28-30,32H,1-5H3/t12-,23+,24+,25+,27+/m0/s1. The number of aryl methyl sites for hydroxylation is 1. The first kappa shape index (κ1) is 24.3. The molecule has 0 radical (unpaired) electrons. The van der Waals surface area contributed by atoms with Crippen molar-refractivity contribution in [2.75, 3.05) is 14.2 Å². The number of ether oxygens (including phenoxy) is 3. The van der Waals surface area contributed by atoms with E-state index < -0.39 is 35.6 Å². The van der Waals surface area contributed by atoms with Crippen molar-refractivity contribution >= 4 is 32.5 Å². The van der Waals surface area contributed by atoms with Gasteiger partial charge in [-0.25, -0.2) is 4.79 Å². The molecule has 1 fully saturated rings. The molecule has 0 amide bonds. The third-order valence-corrected chi connectivity index (χ3v) is 7.18. The second-order valence-electron chi connectivity index (χ2n) is 9.54. The smallest absolute Gasteiger partial charge is 0.344 e. The number of hydrogen-bond donors (Lipinski definition) is 4. The summed E-state index contributed by atoms with van der Waals surface area (Å²) in [5, 5.41) is 45.0. The number of phenolic OH excluding ortho intramolecular Hbond substituents is 1. The lowest BCUT2D eigenvalue weighted by Crippen LogP contribution is -2.61. The van der Waals surface area contributed by atoms with E-state index in [0.29, 0.717) is 33.2 Å². The lowest BCUT2D eigenvalue weighted by Gasteiger charge is -2.46. The Bertz CT molecular complexity index is 1570. The molecule has 1 aliphatic rings. The van der Waals surface area contributed by atoms with Gasteiger partial charge in [0.2, 0.25) is 0 Å². The molecule has 4 N–H and O–H groups in total. The zero-order chi connectivity index (χ0) is 26.1. The van der Waals surface area contributed by atoms with Crippen LogP contribution >= 0.6 is 0 Å². The van der Waals surface area contributed by atoms with Gasteiger partial charge in [0.25, 0.3) is 0 Å². The zero-order valence-corrected chi connectivity index (χ0v) is 20.5. The summed E-state index contributed by atoms with van der Waals surface area (Å²) in [4.78, 5) is 13.2. The molecule has 5 atom stereocenters. The van der Waals surface area contributed by atoms with Gasteiger partial charge < -0.3 is 39.1 Å². The van der Waals surface area contributed by atoms with Crippen molar-refractivity contribution in [2.24, 2.45) is 0 Å². The summed E-state index contributed by atoms with van der Waals surface area (Å²) >= 11 is 0. The monoisotopic (exact) mass is 496 g/mol. The number of rotatable bonds is 3. The molecule has 0 saturated carbocycles. The summed E-state index contributed by atoms with van der Waals surface area (Å²) in [6.07, 6.45) is -4.84. The molecule has 9 heteroatoms. The van der Waals surface area contributed by atoms with E-state index in [-0.39, 0.29) is 22.1 Å². The van der Waals surface area contributed by atoms with E-state index in [0.717, 1.165) is 5.56 Å². The minimum atomic E-state index is -1.89. The van der Waals surface area contributed by atoms with Crippen LogP contribution in [0.2, 0.25) is 0 Å². The Kier molecular flexibility index (Phi) is 5.64. The third-order valence-electron chi connectivity index (χ3n) is 7.18. The van der Waals surface area contributed by atoms with Crippen LogP contribution in [0.15, 0.2) is 39.5 Å². The van der Waals surface area contributed by atoms with Crippen LogP contribution in [0.4, 0.5) is 0 Å². The topological polar surface area (TPSA) is 139 Å². The summed E-state index contributed by atoms with van der Waals surface area (Å²) in [5.74, 6) is 0.607. The molecule has 0 unspecified atom stereocenters. The van der Waals surface area contributed by atoms with Crippen LogP contribution in [-0.4, -0.2) is 58.6 Å². The zero-order valence-electron chi connectivity index (χ0n) is 20.5. The molecule has 3 aromatic carbocycles. The molecule has 0 spiro atoms. The molecule has 36 heavy (non-hydrogen) atoms. The summed E-state index contributed by atoms with van der Waals surface area (Å²) in [5.41, 5.74) is -1.22. The van der Waals surface area contributed by atoms with Gasteiger partial charge in [-0.3, -0.25) is 0 Å². The van der Waals surface area contributed by atoms with Crippen molar-refractivity contribution in [3.05, 3.63) is 51.9 Å². The number of methoxy groups -OCH3 is 2. The number of fused-ring (bicyclic) bond motifs is 5. The maximum absolute atomic E-state index is 13.2. The van der Waals surface area contributed by atoms with E-state index in [9.17, 15) is 25.2 Å². The van der Waals surface area contributed by atoms with E-state index in [4.69, 9.17) is 18.6 Å². The fourth-order valence-corrected chi connectivity index (χ4v) is 5.28. The Hall–Kier alpha value is -3.37. The highest BCUT2D eigenvalue weighted by molar-refractivity contribution is 6.19. The minimum absolute atomic E-state index is 0.130. The first-order chi connectivity index (χ1) is 17.0. The number of aromatic hydroxyl groups is 1. The summed E-state index contributed by atoms with van der Waals surface area (Å²) in [6.45, 7) is 4.75. The predicted molar refractivity (Wildman–Crippen MR) is 133 cm³/mol. The maximum atomic E-state index is 13.2. The number of hydrogen-bond acceptors (Lipinski definition) is 9. The first-order valence-electron chi connectivity index (χ1n) is 11.5. The third kappa shape index (κ3) is 3.35. The van der Waals surface area contributed by atoms with E-state index >= 15 is 0 Å². The Morgan fingerprint density at radius 2 is 1.61 bits per heavy atom. The van der Waals surface area contributed by atoms with Crippen LogP contribution in [-0.2, 0) is 4.74 Å². The van der Waals surface area contributed by atoms with E-state index in [1.807, 2.05) is 6.92 Å². The molecule has 190 valence electrons. The van der Waals surface area contributed by atoms with Gasteiger partial charge in [0.1, 0.15) is 46.7 Å². The van der Waals surface area contributed by atoms with Crippen LogP contribution in [0.3, 0.4) is 0 Å². The lowest BCUT2D eigenvalue weighted by molar-refractivity contribution is -0.261. The minimum Gasteiger partial charge on any atom is -0.507 e. The van der Waals surface area contributed by atoms with Crippen molar-refractivity contribution in [3.8, 4) is 17.2 Å². The fourth-order valence-electron chi connectivity index (χ4n) is 5.28. The number of benzene rings is 3. The van der Waals surface area contributed by atoms with Crippen molar-refractivity contribution in [1.29, 1.82) is 0 Å². The van der Waals surface area contributed by atoms with Crippen molar-refractivity contribution < 1.29 is 39.1 Å². The molecule has 0 aliphatic carbocycles. The summed E-state index contributed by atoms with van der Waals surface area (Å²) < 4.78 is 23.0. The molecule has 9 nitrogen and oxygen atoms in total. The number of phenols is 1. The second kappa shape index (κ2) is 8.35. The van der Waals surface area contributed by atoms with E-state index in [2.05, 4.69) is 0 Å². The second-order valence-corrected chi connectivity index (χ2v) is 9.54. The van der Waals surface area contributed by atoms with Gasteiger partial charge in [-0.1, -0.05) is 6.07 Å². The van der Waals surface area contributed by atoms with Crippen LogP contribution in [0.5, 0.6) is 17.2 Å². The summed E-state index contributed by atoms with van der Waals surface area (Å²) in [7, 11) is 2.95. The van der Waals surface area contributed by atoms with Crippen LogP contribution < -0.4 is 15.1 Å². The SMILES string of the molecule is COc1cc2c(oc(=O)c3cc(C)cc(OC)c32)c2c([C@H]3O[C@@H](C)[C@@H](O)[C@@](C)(O)[C@@H]3O)ccc(O)c12. The lowest BCUT2D eigenvalue weighted by atomic mass is 9.80. The fraction of sp³-hybridized carbons (Fsp3) is 0.370. The average molecular weight is 497 g/mol. The van der Waals surface area contributed by atoms with Gasteiger partial charge in [-0.15, -0.1) is 0 Å². The van der Waals surface area contributed by atoms with Gasteiger partial charge in [0.05, 0.1) is 31.1 Å². The van der Waals surface area contributed by atoms with Crippen LogP contribution in [0, 0.1) is 6.92 Å². The highest BCUT2D eigenvalue weighted by Gasteiger charge is 2.51. The Morgan fingerprint density at radius 3 is 2.28 bits per heavy atom. The number of aliphatic hydroxyl groups excluding tert-OH is 2. The van der Waals surface area contributed by atoms with Gasteiger partial charge >= 0.3 is 5.63 Å². The highest BCUT2D eigenvalue weighted by atomic mass is 16.5. The van der Waals surface area contributed by atoms with Gasteiger partial charge in [-0.2, -0.15) is 0 Å². The molecule has 0 bridgehead atoms. The van der Waals surface area contributed by atoms with Gasteiger partial charge in [-0.05, 0) is 56.2 Å². The normalized spacial score (nSPS) is 26.6. The number of aliphatic hydroxyl groups is 3. The average Bonchev–Trinajstić information content (AvgIpc) is 2.85. The maximum Gasteiger partial charge on any atom is 0.344 e. The van der Waals surface area contributed by atoms with Crippen molar-refractivity contribution in [1.82, 2.24) is 0 Å². The molecule has 2 heterocycles. The van der Waals surface area contributed by atoms with E-state index in [1.165, 1.54) is 33.3 Å². The van der Waals surface area contributed by atoms with Gasteiger partial charge in [0, 0.05) is 16.2 Å². The molecule has 1 saturated heterocycles. The van der Waals surface area contributed by atoms with Crippen molar-refractivity contribution in [3.63, 3.8) is 0 Å². The van der Waals surface area contributed by atoms with Crippen LogP contribution in [0.1, 0.15) is 31.1 Å². The van der Waals surface area contributed by atoms with E-state index in [1.54, 1.807) is 25.1 Å². The predicted octanol–water partition coefficient (Wildman–Crippen LogP) is 3.06. The first-order valence-corrected chi connectivity index (χ1v) is 11.5. The molecule has 4 aromatic rings. The Balaban J connectivity index is 1.97. The Labute approximate surface area is 206 Å². The largest absolute Gasteiger partial charge is 0.507 e. The van der Waals surface area contributed by atoms with Gasteiger partial charge in [0.15, 0.2) is 0 Å². The highest BCUT2D eigenvalue weighted by Crippen LogP contribution is 2.48. The molecular formula is C27H28O9. The van der Waals surface area contributed by atoms with Crippen LogP contribution in [0.25, 0.3) is 32.5 Å².